The van der Waals surface area contributed by atoms with Crippen molar-refractivity contribution < 1.29 is 9.21 Å². The second kappa shape index (κ2) is 7.44. The molecule has 2 aliphatic rings. The second-order valence-corrected chi connectivity index (χ2v) is 7.81. The van der Waals surface area contributed by atoms with Gasteiger partial charge in [0.2, 0.25) is 0 Å². The number of rotatable bonds is 4. The molecule has 0 saturated carbocycles. The Morgan fingerprint density at radius 3 is 2.83 bits per heavy atom. The molecule has 29 heavy (non-hydrogen) atoms. The molecule has 0 N–H and O–H groups in total. The predicted molar refractivity (Wildman–Crippen MR) is 106 cm³/mol. The van der Waals surface area contributed by atoms with E-state index >= 15 is 0 Å². The number of hydrogen-bond acceptors (Lipinski definition) is 6. The average Bonchev–Trinajstić information content (AvgIpc) is 3.49. The van der Waals surface area contributed by atoms with E-state index in [9.17, 15) is 4.79 Å². The Morgan fingerprint density at radius 1 is 1.17 bits per heavy atom. The summed E-state index contributed by atoms with van der Waals surface area (Å²) in [6, 6.07) is 9.49. The lowest BCUT2D eigenvalue weighted by Gasteiger charge is -2.32. The van der Waals surface area contributed by atoms with Crippen LogP contribution in [0.4, 0.5) is 0 Å². The Morgan fingerprint density at radius 2 is 2.03 bits per heavy atom. The molecule has 1 fully saturated rings. The number of carbonyl (C=O) groups excluding carboxylic acids is 1. The van der Waals surface area contributed by atoms with Gasteiger partial charge in [-0.15, -0.1) is 10.2 Å². The van der Waals surface area contributed by atoms with Gasteiger partial charge in [0.15, 0.2) is 17.4 Å². The van der Waals surface area contributed by atoms with Crippen LogP contribution in [-0.4, -0.2) is 55.1 Å². The zero-order valence-electron chi connectivity index (χ0n) is 16.5. The maximum Gasteiger partial charge on any atom is 0.290 e. The standard InChI is InChI=1S/C21H24N6O2/c1-15-12-26(14-19-23-24-20(27(15)19)17-6-2-3-9-22-17)21(28)18-8-7-16(29-18)13-25-10-4-5-11-25/h2-3,6-9,15H,4-5,10-14H2,1H3/t15-/m0/s1. The number of pyridine rings is 1. The highest BCUT2D eigenvalue weighted by atomic mass is 16.4. The van der Waals surface area contributed by atoms with Gasteiger partial charge in [-0.2, -0.15) is 0 Å². The first-order chi connectivity index (χ1) is 14.2. The summed E-state index contributed by atoms with van der Waals surface area (Å²) in [5.74, 6) is 2.65. The van der Waals surface area contributed by atoms with Crippen LogP contribution in [0, 0.1) is 0 Å². The third kappa shape index (κ3) is 3.44. The Bertz CT molecular complexity index is 1010. The summed E-state index contributed by atoms with van der Waals surface area (Å²) in [5.41, 5.74) is 0.787. The van der Waals surface area contributed by atoms with Crippen molar-refractivity contribution in [2.75, 3.05) is 19.6 Å². The van der Waals surface area contributed by atoms with E-state index in [0.717, 1.165) is 42.7 Å². The van der Waals surface area contributed by atoms with Crippen LogP contribution >= 0.6 is 0 Å². The first-order valence-corrected chi connectivity index (χ1v) is 10.1. The normalized spacial score (nSPS) is 19.5. The average molecular weight is 392 g/mol. The number of hydrogen-bond donors (Lipinski definition) is 0. The van der Waals surface area contributed by atoms with Crippen molar-refractivity contribution in [1.29, 1.82) is 0 Å². The van der Waals surface area contributed by atoms with Crippen molar-refractivity contribution >= 4 is 5.91 Å². The fraction of sp³-hybridized carbons (Fsp3) is 0.429. The van der Waals surface area contributed by atoms with Crippen LogP contribution in [0.25, 0.3) is 11.5 Å². The third-order valence-electron chi connectivity index (χ3n) is 5.66. The highest BCUT2D eigenvalue weighted by Gasteiger charge is 2.31. The molecule has 0 aromatic carbocycles. The van der Waals surface area contributed by atoms with Gasteiger partial charge in [-0.05, 0) is 57.1 Å². The molecule has 8 heteroatoms. The molecule has 1 saturated heterocycles. The van der Waals surface area contributed by atoms with Crippen LogP contribution in [0.2, 0.25) is 0 Å². The van der Waals surface area contributed by atoms with Crippen molar-refractivity contribution in [3.63, 3.8) is 0 Å². The summed E-state index contributed by atoms with van der Waals surface area (Å²) in [6.07, 6.45) is 4.22. The van der Waals surface area contributed by atoms with Gasteiger partial charge < -0.3 is 13.9 Å². The predicted octanol–water partition coefficient (Wildman–Crippen LogP) is 2.75. The minimum absolute atomic E-state index is 0.0498. The lowest BCUT2D eigenvalue weighted by atomic mass is 10.2. The van der Waals surface area contributed by atoms with Gasteiger partial charge in [0, 0.05) is 12.7 Å². The first-order valence-electron chi connectivity index (χ1n) is 10.1. The zero-order chi connectivity index (χ0) is 19.8. The van der Waals surface area contributed by atoms with Gasteiger partial charge in [0.1, 0.15) is 11.5 Å². The maximum atomic E-state index is 13.0. The molecular weight excluding hydrogens is 368 g/mol. The fourth-order valence-corrected chi connectivity index (χ4v) is 4.25. The fourth-order valence-electron chi connectivity index (χ4n) is 4.25. The van der Waals surface area contributed by atoms with E-state index in [1.807, 2.05) is 24.3 Å². The van der Waals surface area contributed by atoms with E-state index < -0.39 is 0 Å². The molecule has 5 rings (SSSR count). The molecule has 0 aliphatic carbocycles. The van der Waals surface area contributed by atoms with E-state index in [1.54, 1.807) is 17.2 Å². The number of fused-ring (bicyclic) bond motifs is 1. The van der Waals surface area contributed by atoms with Crippen LogP contribution in [0.1, 0.15) is 47.9 Å². The number of amides is 1. The van der Waals surface area contributed by atoms with Crippen molar-refractivity contribution in [3.05, 3.63) is 53.9 Å². The molecule has 1 amide bonds. The smallest absolute Gasteiger partial charge is 0.290 e. The second-order valence-electron chi connectivity index (χ2n) is 7.81. The lowest BCUT2D eigenvalue weighted by molar-refractivity contribution is 0.0646. The molecule has 8 nitrogen and oxygen atoms in total. The van der Waals surface area contributed by atoms with Gasteiger partial charge in [-0.25, -0.2) is 0 Å². The van der Waals surface area contributed by atoms with Gasteiger partial charge in [-0.1, -0.05) is 6.07 Å². The monoisotopic (exact) mass is 392 g/mol. The van der Waals surface area contributed by atoms with E-state index in [-0.39, 0.29) is 11.9 Å². The highest BCUT2D eigenvalue weighted by molar-refractivity contribution is 5.91. The molecule has 3 aromatic heterocycles. The first kappa shape index (κ1) is 18.1. The highest BCUT2D eigenvalue weighted by Crippen LogP contribution is 2.27. The molecule has 150 valence electrons. The summed E-state index contributed by atoms with van der Waals surface area (Å²) in [4.78, 5) is 21.6. The molecule has 5 heterocycles. The van der Waals surface area contributed by atoms with E-state index in [1.165, 1.54) is 12.8 Å². The third-order valence-corrected chi connectivity index (χ3v) is 5.66. The van der Waals surface area contributed by atoms with Crippen LogP contribution in [0.15, 0.2) is 40.9 Å². The molecule has 2 aliphatic heterocycles. The van der Waals surface area contributed by atoms with Gasteiger partial charge in [0.25, 0.3) is 5.91 Å². The topological polar surface area (TPSA) is 80.3 Å². The van der Waals surface area contributed by atoms with E-state index in [2.05, 4.69) is 31.6 Å². The number of likely N-dealkylation sites (tertiary alicyclic amines) is 1. The maximum absolute atomic E-state index is 13.0. The minimum atomic E-state index is -0.0989. The summed E-state index contributed by atoms with van der Waals surface area (Å²) in [5, 5.41) is 8.66. The van der Waals surface area contributed by atoms with Gasteiger partial charge in [0.05, 0.1) is 19.1 Å². The molecule has 0 spiro atoms. The van der Waals surface area contributed by atoms with Crippen LogP contribution in [0.3, 0.4) is 0 Å². The molecular formula is C21H24N6O2. The van der Waals surface area contributed by atoms with Crippen LogP contribution in [-0.2, 0) is 13.1 Å². The van der Waals surface area contributed by atoms with Gasteiger partial charge in [-0.3, -0.25) is 14.7 Å². The zero-order valence-corrected chi connectivity index (χ0v) is 16.5. The van der Waals surface area contributed by atoms with E-state index in [4.69, 9.17) is 4.42 Å². The number of carbonyl (C=O) groups is 1. The molecule has 1 atom stereocenters. The van der Waals surface area contributed by atoms with Crippen LogP contribution < -0.4 is 0 Å². The summed E-state index contributed by atoms with van der Waals surface area (Å²) >= 11 is 0. The summed E-state index contributed by atoms with van der Waals surface area (Å²) in [7, 11) is 0. The number of aromatic nitrogens is 4. The molecule has 0 radical (unpaired) electrons. The van der Waals surface area contributed by atoms with Crippen molar-refractivity contribution in [2.45, 2.75) is 38.9 Å². The Balaban J connectivity index is 1.33. The lowest BCUT2D eigenvalue weighted by Crippen LogP contribution is -2.40. The quantitative estimate of drug-likeness (QED) is 0.679. The van der Waals surface area contributed by atoms with E-state index in [0.29, 0.717) is 18.8 Å². The Kier molecular flexibility index (Phi) is 4.63. The summed E-state index contributed by atoms with van der Waals surface area (Å²) in [6.45, 7) is 6.02. The number of furan rings is 1. The Labute approximate surface area is 169 Å². The van der Waals surface area contributed by atoms with Crippen molar-refractivity contribution in [2.24, 2.45) is 0 Å². The van der Waals surface area contributed by atoms with Crippen molar-refractivity contribution in [1.82, 2.24) is 29.5 Å². The summed E-state index contributed by atoms with van der Waals surface area (Å²) < 4.78 is 7.95. The molecule has 0 unspecified atom stereocenters. The SMILES string of the molecule is C[C@H]1CN(C(=O)c2ccc(CN3CCCC3)o2)Cc2nnc(-c3ccccn3)n21. The van der Waals surface area contributed by atoms with Gasteiger partial charge >= 0.3 is 0 Å². The molecule has 3 aromatic rings. The number of nitrogens with zero attached hydrogens (tertiary/aromatic N) is 6. The molecule has 0 bridgehead atoms. The minimum Gasteiger partial charge on any atom is -0.455 e. The van der Waals surface area contributed by atoms with Crippen molar-refractivity contribution in [3.8, 4) is 11.5 Å². The Hall–Kier alpha value is -3.00. The largest absolute Gasteiger partial charge is 0.455 e. The van der Waals surface area contributed by atoms with Crippen LogP contribution in [0.5, 0.6) is 0 Å².